The third kappa shape index (κ3) is 10.4. The number of nitrogens with one attached hydrogen (secondary N) is 2. The van der Waals surface area contributed by atoms with Crippen LogP contribution in [0.25, 0.3) is 11.1 Å². The van der Waals surface area contributed by atoms with Crippen molar-refractivity contribution in [2.75, 3.05) is 11.9 Å². The smallest absolute Gasteiger partial charge is 0.290 e. The van der Waals surface area contributed by atoms with Gasteiger partial charge in [0.05, 0.1) is 11.3 Å². The lowest BCUT2D eigenvalue weighted by Gasteiger charge is -2.13. The minimum absolute atomic E-state index is 0.250. The van der Waals surface area contributed by atoms with E-state index in [4.69, 9.17) is 19.4 Å². The standard InChI is InChI=1S/C41H35N3O4.CH2O2/c1-29-11-20-38(44-40(45)33-16-18-34(19-17-33)47-28-31-21-24-42-25-22-31)37(27-29)41(46)43-26-23-30-12-14-32(15-13-30)36-9-5-6-10-39(36)48-35-7-3-2-4-8-35;2-1-3/h2-22,24-25,27H,23,26,28H2,1H3,(H,43,46)(H,44,45);1H,(H,2,3). The molecule has 1 aromatic heterocycles. The Balaban J connectivity index is 0.00000162. The van der Waals surface area contributed by atoms with Crippen molar-refractivity contribution in [1.29, 1.82) is 0 Å². The van der Waals surface area contributed by atoms with Gasteiger partial charge in [-0.25, -0.2) is 0 Å². The largest absolute Gasteiger partial charge is 0.489 e. The molecule has 6 rings (SSSR count). The number of aromatic nitrogens is 1. The van der Waals surface area contributed by atoms with E-state index in [1.54, 1.807) is 48.8 Å². The minimum Gasteiger partial charge on any atom is -0.489 e. The number of amides is 2. The molecule has 0 aliphatic heterocycles. The molecular formula is C42H37N3O6. The van der Waals surface area contributed by atoms with Crippen LogP contribution in [-0.2, 0) is 17.8 Å². The van der Waals surface area contributed by atoms with Gasteiger partial charge in [-0.15, -0.1) is 0 Å². The van der Waals surface area contributed by atoms with E-state index in [9.17, 15) is 9.59 Å². The molecule has 1 heterocycles. The van der Waals surface area contributed by atoms with E-state index in [0.29, 0.717) is 42.1 Å². The number of hydrogen-bond donors (Lipinski definition) is 3. The number of anilines is 1. The summed E-state index contributed by atoms with van der Waals surface area (Å²) in [5.41, 5.74) is 6.36. The van der Waals surface area contributed by atoms with Crippen molar-refractivity contribution in [2.45, 2.75) is 20.0 Å². The van der Waals surface area contributed by atoms with Crippen molar-refractivity contribution in [2.24, 2.45) is 0 Å². The highest BCUT2D eigenvalue weighted by atomic mass is 16.5. The summed E-state index contributed by atoms with van der Waals surface area (Å²) in [6, 6.07) is 42.0. The molecule has 0 radical (unpaired) electrons. The summed E-state index contributed by atoms with van der Waals surface area (Å²) >= 11 is 0. The van der Waals surface area contributed by atoms with Crippen LogP contribution in [0, 0.1) is 6.92 Å². The number of carboxylic acid groups (broad SMARTS) is 1. The maximum atomic E-state index is 13.3. The Kier molecular flexibility index (Phi) is 12.7. The van der Waals surface area contributed by atoms with Gasteiger partial charge in [0.25, 0.3) is 18.3 Å². The average Bonchev–Trinajstić information content (AvgIpc) is 3.16. The molecule has 2 amide bonds. The van der Waals surface area contributed by atoms with Crippen molar-refractivity contribution in [3.8, 4) is 28.4 Å². The Hall–Kier alpha value is -6.74. The first-order chi connectivity index (χ1) is 24.9. The van der Waals surface area contributed by atoms with Crippen molar-refractivity contribution in [3.63, 3.8) is 0 Å². The number of rotatable bonds is 12. The van der Waals surface area contributed by atoms with E-state index in [1.165, 1.54) is 0 Å². The van der Waals surface area contributed by atoms with Gasteiger partial charge in [0.2, 0.25) is 0 Å². The normalized spacial score (nSPS) is 10.2. The summed E-state index contributed by atoms with van der Waals surface area (Å²) in [7, 11) is 0. The monoisotopic (exact) mass is 679 g/mol. The van der Waals surface area contributed by atoms with E-state index in [2.05, 4.69) is 39.9 Å². The molecule has 9 heteroatoms. The van der Waals surface area contributed by atoms with Crippen molar-refractivity contribution >= 4 is 24.0 Å². The first-order valence-electron chi connectivity index (χ1n) is 16.2. The number of nitrogens with zero attached hydrogens (tertiary/aromatic N) is 1. The molecular weight excluding hydrogens is 642 g/mol. The maximum absolute atomic E-state index is 13.3. The molecule has 51 heavy (non-hydrogen) atoms. The Morgan fingerprint density at radius 1 is 0.745 bits per heavy atom. The van der Waals surface area contributed by atoms with E-state index in [0.717, 1.165) is 39.3 Å². The predicted octanol–water partition coefficient (Wildman–Crippen LogP) is 8.35. The van der Waals surface area contributed by atoms with Crippen LogP contribution in [0.15, 0.2) is 146 Å². The number of para-hydroxylation sites is 2. The molecule has 6 aromatic rings. The van der Waals surface area contributed by atoms with Gasteiger partial charge >= 0.3 is 0 Å². The van der Waals surface area contributed by atoms with Gasteiger partial charge in [-0.1, -0.05) is 72.3 Å². The van der Waals surface area contributed by atoms with Gasteiger partial charge in [0.1, 0.15) is 23.9 Å². The minimum atomic E-state index is -0.315. The summed E-state index contributed by atoms with van der Waals surface area (Å²) in [6.45, 7) is 2.51. The third-order valence-electron chi connectivity index (χ3n) is 7.76. The van der Waals surface area contributed by atoms with E-state index < -0.39 is 0 Å². The van der Waals surface area contributed by atoms with Gasteiger partial charge in [-0.05, 0) is 96.8 Å². The van der Waals surface area contributed by atoms with Crippen LogP contribution in [-0.4, -0.2) is 34.9 Å². The van der Waals surface area contributed by atoms with E-state index >= 15 is 0 Å². The molecule has 5 aromatic carbocycles. The van der Waals surface area contributed by atoms with Crippen LogP contribution in [0.1, 0.15) is 37.4 Å². The topological polar surface area (TPSA) is 127 Å². The SMILES string of the molecule is Cc1ccc(NC(=O)c2ccc(OCc3ccncc3)cc2)c(C(=O)NCCc2ccc(-c3ccccc3Oc3ccccc3)cc2)c1.O=CO. The molecule has 0 unspecified atom stereocenters. The molecule has 0 saturated heterocycles. The highest BCUT2D eigenvalue weighted by molar-refractivity contribution is 6.09. The lowest BCUT2D eigenvalue weighted by Crippen LogP contribution is -2.27. The molecule has 0 aliphatic rings. The quantitative estimate of drug-likeness (QED) is 0.111. The van der Waals surface area contributed by atoms with Crippen LogP contribution in [0.3, 0.4) is 0 Å². The number of ether oxygens (including phenoxy) is 2. The zero-order chi connectivity index (χ0) is 35.8. The van der Waals surface area contributed by atoms with Crippen LogP contribution < -0.4 is 20.1 Å². The first-order valence-corrected chi connectivity index (χ1v) is 16.2. The molecule has 0 atom stereocenters. The van der Waals surface area contributed by atoms with Gasteiger partial charge in [-0.3, -0.25) is 19.4 Å². The van der Waals surface area contributed by atoms with Gasteiger partial charge in [0.15, 0.2) is 0 Å². The second kappa shape index (κ2) is 18.1. The van der Waals surface area contributed by atoms with Crippen molar-refractivity contribution < 1.29 is 29.0 Å². The van der Waals surface area contributed by atoms with Gasteiger partial charge in [0, 0.05) is 30.1 Å². The fraction of sp³-hybridized carbons (Fsp3) is 0.0952. The average molecular weight is 680 g/mol. The molecule has 0 bridgehead atoms. The second-order valence-electron chi connectivity index (χ2n) is 11.4. The van der Waals surface area contributed by atoms with Crippen LogP contribution >= 0.6 is 0 Å². The second-order valence-corrected chi connectivity index (χ2v) is 11.4. The van der Waals surface area contributed by atoms with Crippen molar-refractivity contribution in [1.82, 2.24) is 10.3 Å². The summed E-state index contributed by atoms with van der Waals surface area (Å²) in [6.07, 6.45) is 4.08. The van der Waals surface area contributed by atoms with Crippen LogP contribution in [0.4, 0.5) is 5.69 Å². The zero-order valence-corrected chi connectivity index (χ0v) is 28.0. The van der Waals surface area contributed by atoms with Gasteiger partial charge < -0.3 is 25.2 Å². The maximum Gasteiger partial charge on any atom is 0.290 e. The summed E-state index contributed by atoms with van der Waals surface area (Å²) in [5, 5.41) is 12.8. The first kappa shape index (κ1) is 35.6. The van der Waals surface area contributed by atoms with Crippen LogP contribution in [0.2, 0.25) is 0 Å². The van der Waals surface area contributed by atoms with E-state index in [1.807, 2.05) is 79.7 Å². The lowest BCUT2D eigenvalue weighted by molar-refractivity contribution is -0.122. The summed E-state index contributed by atoms with van der Waals surface area (Å²) in [4.78, 5) is 38.8. The third-order valence-corrected chi connectivity index (χ3v) is 7.76. The lowest BCUT2D eigenvalue weighted by atomic mass is 10.0. The zero-order valence-electron chi connectivity index (χ0n) is 28.0. The number of hydrogen-bond acceptors (Lipinski definition) is 6. The number of aryl methyl sites for hydroxylation is 1. The van der Waals surface area contributed by atoms with Crippen LogP contribution in [0.5, 0.6) is 17.2 Å². The molecule has 0 spiro atoms. The molecule has 3 N–H and O–H groups in total. The molecule has 9 nitrogen and oxygen atoms in total. The van der Waals surface area contributed by atoms with Gasteiger partial charge in [-0.2, -0.15) is 0 Å². The molecule has 0 aliphatic carbocycles. The molecule has 256 valence electrons. The number of benzene rings is 5. The fourth-order valence-corrected chi connectivity index (χ4v) is 5.17. The highest BCUT2D eigenvalue weighted by Crippen LogP contribution is 2.33. The Morgan fingerprint density at radius 2 is 1.43 bits per heavy atom. The Labute approximate surface area is 296 Å². The van der Waals surface area contributed by atoms with Crippen molar-refractivity contribution in [3.05, 3.63) is 174 Å². The molecule has 0 saturated carbocycles. The predicted molar refractivity (Wildman–Crippen MR) is 197 cm³/mol. The fourth-order valence-electron chi connectivity index (χ4n) is 5.17. The molecule has 0 fully saturated rings. The van der Waals surface area contributed by atoms with E-state index in [-0.39, 0.29) is 18.3 Å². The number of carbonyl (C=O) groups is 3. The Bertz CT molecular complexity index is 2030. The highest BCUT2D eigenvalue weighted by Gasteiger charge is 2.15. The number of carbonyl (C=O) groups excluding carboxylic acids is 2. The number of pyridine rings is 1. The summed E-state index contributed by atoms with van der Waals surface area (Å²) in [5.74, 6) is 1.65. The summed E-state index contributed by atoms with van der Waals surface area (Å²) < 4.78 is 12.0. The Morgan fingerprint density at radius 3 is 2.16 bits per heavy atom.